The maximum absolute atomic E-state index is 10.7. The minimum absolute atomic E-state index is 0.00130. The first-order chi connectivity index (χ1) is 5.61. The smallest absolute Gasteiger partial charge is 0.394 e. The number of aliphatic carboxylic acids is 1. The SMILES string of the molecule is CCCC(CC)NC(=O)C(=O)O. The fourth-order valence-electron chi connectivity index (χ4n) is 0.974. The lowest BCUT2D eigenvalue weighted by Crippen LogP contribution is -2.38. The van der Waals surface area contributed by atoms with Crippen LogP contribution in [0.15, 0.2) is 0 Å². The Kier molecular flexibility index (Phi) is 5.08. The first kappa shape index (κ1) is 10.9. The summed E-state index contributed by atoms with van der Waals surface area (Å²) in [6.45, 7) is 3.91. The Labute approximate surface area is 72.0 Å². The molecule has 0 aromatic rings. The van der Waals surface area contributed by atoms with Crippen molar-refractivity contribution in [2.75, 3.05) is 0 Å². The van der Waals surface area contributed by atoms with Crippen LogP contribution in [0.1, 0.15) is 33.1 Å². The van der Waals surface area contributed by atoms with E-state index in [0.717, 1.165) is 19.3 Å². The van der Waals surface area contributed by atoms with E-state index in [0.29, 0.717) is 0 Å². The molecule has 12 heavy (non-hydrogen) atoms. The molecule has 0 aromatic carbocycles. The number of nitrogens with one attached hydrogen (secondary N) is 1. The first-order valence-corrected chi connectivity index (χ1v) is 4.15. The summed E-state index contributed by atoms with van der Waals surface area (Å²) in [5.74, 6) is -2.32. The Bertz CT molecular complexity index is 168. The summed E-state index contributed by atoms with van der Waals surface area (Å²) < 4.78 is 0. The Morgan fingerprint density at radius 1 is 1.42 bits per heavy atom. The van der Waals surface area contributed by atoms with E-state index in [1.165, 1.54) is 0 Å². The first-order valence-electron chi connectivity index (χ1n) is 4.15. The zero-order valence-electron chi connectivity index (χ0n) is 7.46. The summed E-state index contributed by atoms with van der Waals surface area (Å²) in [6, 6.07) is -0.00130. The van der Waals surface area contributed by atoms with Crippen molar-refractivity contribution in [3.05, 3.63) is 0 Å². The van der Waals surface area contributed by atoms with Gasteiger partial charge in [-0.25, -0.2) is 4.79 Å². The van der Waals surface area contributed by atoms with E-state index in [-0.39, 0.29) is 6.04 Å². The highest BCUT2D eigenvalue weighted by Crippen LogP contribution is 2.00. The number of amides is 1. The molecular weight excluding hydrogens is 158 g/mol. The Morgan fingerprint density at radius 3 is 2.33 bits per heavy atom. The van der Waals surface area contributed by atoms with Crippen molar-refractivity contribution in [1.82, 2.24) is 5.32 Å². The van der Waals surface area contributed by atoms with Gasteiger partial charge in [-0.2, -0.15) is 0 Å². The van der Waals surface area contributed by atoms with E-state index >= 15 is 0 Å². The van der Waals surface area contributed by atoms with Crippen LogP contribution in [0.4, 0.5) is 0 Å². The fraction of sp³-hybridized carbons (Fsp3) is 0.750. The van der Waals surface area contributed by atoms with Gasteiger partial charge in [-0.15, -0.1) is 0 Å². The molecule has 0 aromatic heterocycles. The minimum Gasteiger partial charge on any atom is -0.474 e. The van der Waals surface area contributed by atoms with Gasteiger partial charge in [0.1, 0.15) is 0 Å². The van der Waals surface area contributed by atoms with Crippen LogP contribution in [-0.2, 0) is 9.59 Å². The Balaban J connectivity index is 3.85. The van der Waals surface area contributed by atoms with Gasteiger partial charge in [0.2, 0.25) is 0 Å². The van der Waals surface area contributed by atoms with Crippen LogP contribution in [0, 0.1) is 0 Å². The summed E-state index contributed by atoms with van der Waals surface area (Å²) in [4.78, 5) is 20.8. The van der Waals surface area contributed by atoms with E-state index in [2.05, 4.69) is 5.32 Å². The molecule has 0 saturated carbocycles. The number of carboxylic acid groups (broad SMARTS) is 1. The van der Waals surface area contributed by atoms with Gasteiger partial charge in [0.05, 0.1) is 0 Å². The lowest BCUT2D eigenvalue weighted by Gasteiger charge is -2.13. The summed E-state index contributed by atoms with van der Waals surface area (Å²) in [6.07, 6.45) is 2.54. The lowest BCUT2D eigenvalue weighted by atomic mass is 10.1. The largest absolute Gasteiger partial charge is 0.474 e. The quantitative estimate of drug-likeness (QED) is 0.617. The molecule has 0 bridgehead atoms. The van der Waals surface area contributed by atoms with Crippen molar-refractivity contribution < 1.29 is 14.7 Å². The van der Waals surface area contributed by atoms with Gasteiger partial charge in [0, 0.05) is 6.04 Å². The molecule has 1 unspecified atom stereocenters. The molecule has 0 rings (SSSR count). The van der Waals surface area contributed by atoms with Crippen molar-refractivity contribution in [1.29, 1.82) is 0 Å². The molecule has 1 amide bonds. The predicted molar refractivity (Wildman–Crippen MR) is 44.8 cm³/mol. The Morgan fingerprint density at radius 2 is 2.00 bits per heavy atom. The van der Waals surface area contributed by atoms with E-state index in [4.69, 9.17) is 5.11 Å². The van der Waals surface area contributed by atoms with E-state index in [9.17, 15) is 9.59 Å². The van der Waals surface area contributed by atoms with E-state index in [1.54, 1.807) is 0 Å². The summed E-state index contributed by atoms with van der Waals surface area (Å²) in [5, 5.41) is 10.7. The third-order valence-electron chi connectivity index (χ3n) is 1.66. The molecule has 0 heterocycles. The van der Waals surface area contributed by atoms with Crippen LogP contribution < -0.4 is 5.32 Å². The van der Waals surface area contributed by atoms with Crippen molar-refractivity contribution in [2.24, 2.45) is 0 Å². The highest BCUT2D eigenvalue weighted by Gasteiger charge is 2.14. The van der Waals surface area contributed by atoms with Gasteiger partial charge in [-0.3, -0.25) is 4.79 Å². The average molecular weight is 173 g/mol. The second-order valence-corrected chi connectivity index (χ2v) is 2.67. The number of carbonyl (C=O) groups is 2. The van der Waals surface area contributed by atoms with Crippen LogP contribution in [0.5, 0.6) is 0 Å². The topological polar surface area (TPSA) is 66.4 Å². The van der Waals surface area contributed by atoms with E-state index < -0.39 is 11.9 Å². The molecule has 0 fully saturated rings. The number of rotatable bonds is 4. The standard InChI is InChI=1S/C8H15NO3/c1-3-5-6(4-2)9-7(10)8(11)12/h6H,3-5H2,1-2H3,(H,9,10)(H,11,12). The van der Waals surface area contributed by atoms with Crippen LogP contribution in [0.3, 0.4) is 0 Å². The molecule has 4 nitrogen and oxygen atoms in total. The van der Waals surface area contributed by atoms with Crippen molar-refractivity contribution >= 4 is 11.9 Å². The molecule has 0 aliphatic carbocycles. The molecule has 0 spiro atoms. The maximum atomic E-state index is 10.7. The van der Waals surface area contributed by atoms with Crippen LogP contribution in [-0.4, -0.2) is 23.0 Å². The number of hydrogen-bond acceptors (Lipinski definition) is 2. The molecule has 1 atom stereocenters. The minimum atomic E-state index is -1.41. The molecule has 0 aliphatic rings. The molecule has 0 aliphatic heterocycles. The highest BCUT2D eigenvalue weighted by atomic mass is 16.4. The Hall–Kier alpha value is -1.06. The van der Waals surface area contributed by atoms with Crippen molar-refractivity contribution in [2.45, 2.75) is 39.2 Å². The normalized spacial score (nSPS) is 12.2. The van der Waals surface area contributed by atoms with Crippen LogP contribution in [0.2, 0.25) is 0 Å². The molecule has 70 valence electrons. The summed E-state index contributed by atoms with van der Waals surface area (Å²) >= 11 is 0. The zero-order valence-corrected chi connectivity index (χ0v) is 7.46. The van der Waals surface area contributed by atoms with Gasteiger partial charge in [-0.1, -0.05) is 20.3 Å². The summed E-state index contributed by atoms with van der Waals surface area (Å²) in [7, 11) is 0. The van der Waals surface area contributed by atoms with Crippen molar-refractivity contribution in [3.8, 4) is 0 Å². The van der Waals surface area contributed by atoms with Gasteiger partial charge >= 0.3 is 11.9 Å². The van der Waals surface area contributed by atoms with Crippen molar-refractivity contribution in [3.63, 3.8) is 0 Å². The average Bonchev–Trinajstić information content (AvgIpc) is 2.03. The maximum Gasteiger partial charge on any atom is 0.394 e. The molecule has 4 heteroatoms. The monoisotopic (exact) mass is 173 g/mol. The third kappa shape index (κ3) is 3.95. The fourth-order valence-corrected chi connectivity index (χ4v) is 0.974. The second kappa shape index (κ2) is 5.57. The van der Waals surface area contributed by atoms with Gasteiger partial charge < -0.3 is 10.4 Å². The highest BCUT2D eigenvalue weighted by molar-refractivity contribution is 6.31. The lowest BCUT2D eigenvalue weighted by molar-refractivity contribution is -0.150. The predicted octanol–water partition coefficient (Wildman–Crippen LogP) is 0.766. The number of carboxylic acids is 1. The molecular formula is C8H15NO3. The molecule has 0 saturated heterocycles. The van der Waals surface area contributed by atoms with E-state index in [1.807, 2.05) is 13.8 Å². The summed E-state index contributed by atoms with van der Waals surface area (Å²) in [5.41, 5.74) is 0. The second-order valence-electron chi connectivity index (χ2n) is 2.67. The zero-order chi connectivity index (χ0) is 9.56. The van der Waals surface area contributed by atoms with Gasteiger partial charge in [0.25, 0.3) is 0 Å². The van der Waals surface area contributed by atoms with Gasteiger partial charge in [-0.05, 0) is 12.8 Å². The number of hydrogen-bond donors (Lipinski definition) is 2. The van der Waals surface area contributed by atoms with Crippen LogP contribution in [0.25, 0.3) is 0 Å². The number of carbonyl (C=O) groups excluding carboxylic acids is 1. The van der Waals surface area contributed by atoms with Crippen LogP contribution >= 0.6 is 0 Å². The molecule has 0 radical (unpaired) electrons. The van der Waals surface area contributed by atoms with Gasteiger partial charge in [0.15, 0.2) is 0 Å². The third-order valence-corrected chi connectivity index (χ3v) is 1.66. The molecule has 2 N–H and O–H groups in total.